The normalized spacial score (nSPS) is 15.5. The van der Waals surface area contributed by atoms with E-state index in [4.69, 9.17) is 19.6 Å². The minimum Gasteiger partial charge on any atom is -0.458 e. The van der Waals surface area contributed by atoms with E-state index < -0.39 is 11.6 Å². The maximum Gasteiger partial charge on any atom is 0.331 e. The summed E-state index contributed by atoms with van der Waals surface area (Å²) in [5.74, 6) is -0.345. The van der Waals surface area contributed by atoms with Crippen LogP contribution in [0.3, 0.4) is 0 Å². The van der Waals surface area contributed by atoms with E-state index in [1.54, 1.807) is 0 Å². The molecule has 0 amide bonds. The van der Waals surface area contributed by atoms with Gasteiger partial charge in [0.25, 0.3) is 0 Å². The molecule has 2 unspecified atom stereocenters. The first-order chi connectivity index (χ1) is 18.8. The smallest absolute Gasteiger partial charge is 0.331 e. The fraction of sp³-hybridized carbons (Fsp3) is 0.485. The molecule has 3 aromatic rings. The molecular weight excluding hydrogens is 486 g/mol. The Morgan fingerprint density at radius 2 is 1.56 bits per heavy atom. The van der Waals surface area contributed by atoms with Crippen LogP contribution >= 0.6 is 0 Å². The second-order valence-corrected chi connectivity index (χ2v) is 10.0. The van der Waals surface area contributed by atoms with Gasteiger partial charge in [0.05, 0.1) is 11.4 Å². The number of nitrogens with zero attached hydrogens (tertiary/aromatic N) is 3. The number of carbonyl (C=O) groups excluding carboxylic acids is 1. The average molecular weight is 534 g/mol. The zero-order chi connectivity index (χ0) is 28.8. The number of carbonyl (C=O) groups is 1. The van der Waals surface area contributed by atoms with Crippen molar-refractivity contribution in [2.24, 2.45) is 4.99 Å². The van der Waals surface area contributed by atoms with Crippen LogP contribution in [0, 0.1) is 6.92 Å². The molecule has 39 heavy (non-hydrogen) atoms. The van der Waals surface area contributed by atoms with Gasteiger partial charge in [0, 0.05) is 30.4 Å². The molecule has 6 heteroatoms. The summed E-state index contributed by atoms with van der Waals surface area (Å²) in [6, 6.07) is 19.2. The van der Waals surface area contributed by atoms with Crippen molar-refractivity contribution in [3.63, 3.8) is 0 Å². The van der Waals surface area contributed by atoms with Crippen LogP contribution in [0.1, 0.15) is 96.3 Å². The van der Waals surface area contributed by atoms with Gasteiger partial charge in [0.15, 0.2) is 6.04 Å². The molecule has 1 aliphatic rings. The monoisotopic (exact) mass is 533 g/mol. The van der Waals surface area contributed by atoms with Crippen molar-refractivity contribution in [2.75, 3.05) is 6.61 Å². The SMILES string of the molecule is CC.CC.Cc1nn(C2CCCCO2)cc1CC(N=C(c1ccccc1)c1ccccc1)C(=O)OC(C)(C)C. The van der Waals surface area contributed by atoms with Gasteiger partial charge in [-0.2, -0.15) is 5.10 Å². The number of ether oxygens (including phenoxy) is 2. The number of hydrogen-bond acceptors (Lipinski definition) is 5. The van der Waals surface area contributed by atoms with Gasteiger partial charge in [-0.25, -0.2) is 9.48 Å². The van der Waals surface area contributed by atoms with Crippen molar-refractivity contribution in [2.45, 2.75) is 98.9 Å². The van der Waals surface area contributed by atoms with Crippen molar-refractivity contribution < 1.29 is 14.3 Å². The van der Waals surface area contributed by atoms with Crippen LogP contribution in [-0.2, 0) is 20.7 Å². The molecule has 0 spiro atoms. The Morgan fingerprint density at radius 3 is 2.05 bits per heavy atom. The van der Waals surface area contributed by atoms with E-state index in [1.165, 1.54) is 0 Å². The predicted molar refractivity (Wildman–Crippen MR) is 160 cm³/mol. The van der Waals surface area contributed by atoms with Crippen molar-refractivity contribution in [3.8, 4) is 0 Å². The van der Waals surface area contributed by atoms with Crippen LogP contribution in [0.25, 0.3) is 0 Å². The highest BCUT2D eigenvalue weighted by Crippen LogP contribution is 2.24. The van der Waals surface area contributed by atoms with Crippen LogP contribution < -0.4 is 0 Å². The lowest BCUT2D eigenvalue weighted by molar-refractivity contribution is -0.156. The minimum absolute atomic E-state index is 0.0520. The molecule has 1 saturated heterocycles. The van der Waals surface area contributed by atoms with Crippen LogP contribution in [0.2, 0.25) is 0 Å². The second kappa shape index (κ2) is 16.0. The van der Waals surface area contributed by atoms with Gasteiger partial charge in [-0.3, -0.25) is 4.99 Å². The zero-order valence-electron chi connectivity index (χ0n) is 25.1. The predicted octanol–water partition coefficient (Wildman–Crippen LogP) is 7.73. The minimum atomic E-state index is -0.715. The third kappa shape index (κ3) is 9.77. The average Bonchev–Trinajstić information content (AvgIpc) is 3.33. The summed E-state index contributed by atoms with van der Waals surface area (Å²) in [5, 5.41) is 4.71. The largest absolute Gasteiger partial charge is 0.458 e. The van der Waals surface area contributed by atoms with E-state index in [0.717, 1.165) is 54.0 Å². The maximum atomic E-state index is 13.4. The lowest BCUT2D eigenvalue weighted by Gasteiger charge is -2.23. The van der Waals surface area contributed by atoms with E-state index in [9.17, 15) is 4.79 Å². The number of esters is 1. The first kappa shape index (κ1) is 32.0. The lowest BCUT2D eigenvalue weighted by atomic mass is 10.0. The zero-order valence-corrected chi connectivity index (χ0v) is 25.1. The topological polar surface area (TPSA) is 65.7 Å². The van der Waals surface area contributed by atoms with Gasteiger partial charge in [-0.05, 0) is 52.5 Å². The number of aryl methyl sites for hydroxylation is 1. The summed E-state index contributed by atoms with van der Waals surface area (Å²) in [5.41, 5.74) is 3.91. The van der Waals surface area contributed by atoms with E-state index in [0.29, 0.717) is 6.42 Å². The van der Waals surface area contributed by atoms with E-state index in [-0.39, 0.29) is 12.2 Å². The number of hydrogen-bond donors (Lipinski definition) is 0. The number of aliphatic imine (C=N–C) groups is 1. The van der Waals surface area contributed by atoms with E-state index in [2.05, 4.69) is 0 Å². The van der Waals surface area contributed by atoms with E-state index >= 15 is 0 Å². The number of rotatable bonds is 7. The molecule has 0 radical (unpaired) electrons. The molecule has 2 atom stereocenters. The van der Waals surface area contributed by atoms with E-state index in [1.807, 2.05) is 127 Å². The fourth-order valence-electron chi connectivity index (χ4n) is 4.22. The molecule has 4 rings (SSSR count). The van der Waals surface area contributed by atoms with Gasteiger partial charge < -0.3 is 9.47 Å². The molecule has 212 valence electrons. The highest BCUT2D eigenvalue weighted by Gasteiger charge is 2.28. The molecule has 0 saturated carbocycles. The third-order valence-corrected chi connectivity index (χ3v) is 5.94. The molecule has 2 aromatic carbocycles. The maximum absolute atomic E-state index is 13.4. The van der Waals surface area contributed by atoms with Crippen molar-refractivity contribution >= 4 is 11.7 Å². The Balaban J connectivity index is 0.00000127. The van der Waals surface area contributed by atoms with Crippen LogP contribution in [0.15, 0.2) is 71.9 Å². The summed E-state index contributed by atoms with van der Waals surface area (Å²) >= 11 is 0. The Kier molecular flexibility index (Phi) is 13.1. The Hall–Kier alpha value is -3.25. The van der Waals surface area contributed by atoms with Gasteiger partial charge >= 0.3 is 5.97 Å². The number of benzene rings is 2. The molecule has 0 bridgehead atoms. The Bertz CT molecular complexity index is 1100. The molecule has 1 aromatic heterocycles. The molecule has 6 nitrogen and oxygen atoms in total. The van der Waals surface area contributed by atoms with Crippen molar-refractivity contribution in [1.29, 1.82) is 0 Å². The molecule has 1 aliphatic heterocycles. The highest BCUT2D eigenvalue weighted by molar-refractivity contribution is 6.13. The van der Waals surface area contributed by atoms with Crippen LogP contribution in [0.5, 0.6) is 0 Å². The fourth-order valence-corrected chi connectivity index (χ4v) is 4.22. The molecule has 0 N–H and O–H groups in total. The third-order valence-electron chi connectivity index (χ3n) is 5.94. The first-order valence-electron chi connectivity index (χ1n) is 14.4. The Morgan fingerprint density at radius 1 is 1.00 bits per heavy atom. The quantitative estimate of drug-likeness (QED) is 0.230. The van der Waals surface area contributed by atoms with Crippen LogP contribution in [0.4, 0.5) is 0 Å². The number of aromatic nitrogens is 2. The van der Waals surface area contributed by atoms with Gasteiger partial charge in [0.2, 0.25) is 0 Å². The highest BCUT2D eigenvalue weighted by atomic mass is 16.6. The Labute approximate surface area is 235 Å². The van der Waals surface area contributed by atoms with Gasteiger partial charge in [0.1, 0.15) is 11.8 Å². The summed E-state index contributed by atoms with van der Waals surface area (Å²) in [4.78, 5) is 18.4. The molecule has 1 fully saturated rings. The first-order valence-corrected chi connectivity index (χ1v) is 14.4. The van der Waals surface area contributed by atoms with Crippen LogP contribution in [-0.4, -0.2) is 39.7 Å². The lowest BCUT2D eigenvalue weighted by Crippen LogP contribution is -2.33. The van der Waals surface area contributed by atoms with Gasteiger partial charge in [-0.15, -0.1) is 0 Å². The summed E-state index contributed by atoms with van der Waals surface area (Å²) in [6.45, 7) is 16.4. The van der Waals surface area contributed by atoms with Crippen molar-refractivity contribution in [1.82, 2.24) is 9.78 Å². The summed E-state index contributed by atoms with van der Waals surface area (Å²) in [7, 11) is 0. The summed E-state index contributed by atoms with van der Waals surface area (Å²) in [6.07, 6.45) is 5.51. The van der Waals surface area contributed by atoms with Gasteiger partial charge in [-0.1, -0.05) is 88.4 Å². The standard InChI is InChI=1S/C29H35N3O3.2C2H6/c1-21-24(20-32(31-21)26-17-11-12-18-34-26)19-25(28(33)35-29(2,3)4)30-27(22-13-7-5-8-14-22)23-15-9-6-10-16-23;2*1-2/h5-10,13-16,20,25-26H,11-12,17-19H2,1-4H3;2*1-2H3. The second-order valence-electron chi connectivity index (χ2n) is 10.0. The summed E-state index contributed by atoms with van der Waals surface area (Å²) < 4.78 is 13.6. The molecule has 2 heterocycles. The molecular formula is C33H47N3O3. The molecule has 0 aliphatic carbocycles. The van der Waals surface area contributed by atoms with Crippen molar-refractivity contribution in [3.05, 3.63) is 89.2 Å².